The first-order valence-electron chi connectivity index (χ1n) is 9.80. The molecule has 0 bridgehead atoms. The lowest BCUT2D eigenvalue weighted by molar-refractivity contribution is 0.0303. The molecule has 2 saturated heterocycles. The van der Waals surface area contributed by atoms with Crippen molar-refractivity contribution in [3.63, 3.8) is 0 Å². The summed E-state index contributed by atoms with van der Waals surface area (Å²) in [5.74, 6) is 0. The van der Waals surface area contributed by atoms with E-state index in [9.17, 15) is 0 Å². The summed E-state index contributed by atoms with van der Waals surface area (Å²) in [6.45, 7) is 4.63. The lowest BCUT2D eigenvalue weighted by atomic mass is 9.74. The third kappa shape index (κ3) is 4.36. The van der Waals surface area contributed by atoms with Gasteiger partial charge in [-0.2, -0.15) is 0 Å². The summed E-state index contributed by atoms with van der Waals surface area (Å²) in [6, 6.07) is 11.3. The first-order valence-corrected chi connectivity index (χ1v) is 9.80. The van der Waals surface area contributed by atoms with Gasteiger partial charge in [-0.1, -0.05) is 56.0 Å². The second-order valence-electron chi connectivity index (χ2n) is 7.33. The molecule has 2 heteroatoms. The lowest BCUT2D eigenvalue weighted by Crippen LogP contribution is -2.49. The largest absolute Gasteiger partial charge is 0.381 e. The van der Waals surface area contributed by atoms with Crippen LogP contribution in [-0.4, -0.2) is 31.2 Å². The number of rotatable bonds is 2. The molecule has 4 rings (SSSR count). The van der Waals surface area contributed by atoms with Gasteiger partial charge < -0.3 is 4.74 Å². The van der Waals surface area contributed by atoms with E-state index >= 15 is 0 Å². The zero-order valence-corrected chi connectivity index (χ0v) is 14.6. The standard InChI is InChI=1S/C17H25N.C4H8O/c1-4-10-16(11-5-1)17(12-6-2-7-13-17)18-14-8-3-9-15-18;1-2-4-5-3-1/h1,4-5,10-11H,2-3,6-9,12-15H2;1-4H2. The van der Waals surface area contributed by atoms with E-state index in [4.69, 9.17) is 4.74 Å². The van der Waals surface area contributed by atoms with Crippen LogP contribution >= 0.6 is 0 Å². The summed E-state index contributed by atoms with van der Waals surface area (Å²) in [5, 5.41) is 0. The van der Waals surface area contributed by atoms with Crippen molar-refractivity contribution in [3.05, 3.63) is 35.9 Å². The highest BCUT2D eigenvalue weighted by Gasteiger charge is 2.39. The minimum absolute atomic E-state index is 0.375. The maximum atomic E-state index is 4.94. The van der Waals surface area contributed by atoms with Crippen LogP contribution in [0.4, 0.5) is 0 Å². The Labute approximate surface area is 142 Å². The molecule has 2 heterocycles. The van der Waals surface area contributed by atoms with Crippen LogP contribution in [0.1, 0.15) is 69.8 Å². The number of benzene rings is 1. The van der Waals surface area contributed by atoms with Crippen molar-refractivity contribution in [1.82, 2.24) is 4.90 Å². The first-order chi connectivity index (χ1) is 11.4. The van der Waals surface area contributed by atoms with Crippen LogP contribution in [0.2, 0.25) is 0 Å². The van der Waals surface area contributed by atoms with Gasteiger partial charge in [0.1, 0.15) is 0 Å². The summed E-state index contributed by atoms with van der Waals surface area (Å²) < 4.78 is 4.94. The van der Waals surface area contributed by atoms with E-state index < -0.39 is 0 Å². The molecule has 3 fully saturated rings. The molecule has 1 saturated carbocycles. The quantitative estimate of drug-likeness (QED) is 0.750. The van der Waals surface area contributed by atoms with E-state index in [2.05, 4.69) is 35.2 Å². The molecule has 2 aliphatic heterocycles. The van der Waals surface area contributed by atoms with Crippen LogP contribution in [0, 0.1) is 0 Å². The van der Waals surface area contributed by atoms with Gasteiger partial charge in [-0.05, 0) is 57.2 Å². The molecule has 0 N–H and O–H groups in total. The smallest absolute Gasteiger partial charge is 0.0466 e. The maximum Gasteiger partial charge on any atom is 0.0466 e. The van der Waals surface area contributed by atoms with Gasteiger partial charge in [0, 0.05) is 18.8 Å². The average Bonchev–Trinajstić information content (AvgIpc) is 3.24. The molecule has 23 heavy (non-hydrogen) atoms. The number of hydrogen-bond acceptors (Lipinski definition) is 2. The zero-order valence-electron chi connectivity index (χ0n) is 14.6. The summed E-state index contributed by atoms with van der Waals surface area (Å²) >= 11 is 0. The number of nitrogens with zero attached hydrogens (tertiary/aromatic N) is 1. The van der Waals surface area contributed by atoms with E-state index in [0.717, 1.165) is 13.2 Å². The van der Waals surface area contributed by atoms with E-state index in [0.29, 0.717) is 5.54 Å². The average molecular weight is 316 g/mol. The van der Waals surface area contributed by atoms with E-state index in [1.165, 1.54) is 77.3 Å². The Morgan fingerprint density at radius 2 is 1.30 bits per heavy atom. The fourth-order valence-electron chi connectivity index (χ4n) is 4.50. The second kappa shape index (κ2) is 8.84. The van der Waals surface area contributed by atoms with Crippen LogP contribution < -0.4 is 0 Å². The molecular weight excluding hydrogens is 282 g/mol. The molecular formula is C21H33NO. The Morgan fingerprint density at radius 3 is 1.87 bits per heavy atom. The second-order valence-corrected chi connectivity index (χ2v) is 7.33. The van der Waals surface area contributed by atoms with Gasteiger partial charge in [0.2, 0.25) is 0 Å². The zero-order chi connectivity index (χ0) is 15.8. The predicted molar refractivity (Wildman–Crippen MR) is 96.7 cm³/mol. The van der Waals surface area contributed by atoms with E-state index in [1.807, 2.05) is 0 Å². The fraction of sp³-hybridized carbons (Fsp3) is 0.714. The molecule has 0 aromatic heterocycles. The number of piperidine rings is 1. The Kier molecular flexibility index (Phi) is 6.53. The Balaban J connectivity index is 0.000000267. The SMILES string of the molecule is C1CCOC1.c1ccc(C2(N3CCCCC3)CCCCC2)cc1. The van der Waals surface area contributed by atoms with Gasteiger partial charge in [0.05, 0.1) is 0 Å². The molecule has 2 nitrogen and oxygen atoms in total. The molecule has 0 atom stereocenters. The monoisotopic (exact) mass is 315 g/mol. The van der Waals surface area contributed by atoms with E-state index in [-0.39, 0.29) is 0 Å². The Bertz CT molecular complexity index is 421. The van der Waals surface area contributed by atoms with Gasteiger partial charge in [0.25, 0.3) is 0 Å². The summed E-state index contributed by atoms with van der Waals surface area (Å²) in [4.78, 5) is 2.81. The van der Waals surface area contributed by atoms with Crippen LogP contribution in [-0.2, 0) is 10.3 Å². The van der Waals surface area contributed by atoms with Gasteiger partial charge in [-0.3, -0.25) is 4.90 Å². The summed E-state index contributed by atoms with van der Waals surface area (Å²) in [5.41, 5.74) is 1.95. The van der Waals surface area contributed by atoms with Crippen molar-refractivity contribution in [2.75, 3.05) is 26.3 Å². The molecule has 0 radical (unpaired) electrons. The molecule has 128 valence electrons. The fourth-order valence-corrected chi connectivity index (χ4v) is 4.50. The van der Waals surface area contributed by atoms with Crippen molar-refractivity contribution in [3.8, 4) is 0 Å². The Hall–Kier alpha value is -0.860. The lowest BCUT2D eigenvalue weighted by Gasteiger charge is -2.48. The number of hydrogen-bond donors (Lipinski definition) is 0. The summed E-state index contributed by atoms with van der Waals surface area (Å²) in [7, 11) is 0. The molecule has 0 spiro atoms. The highest BCUT2D eigenvalue weighted by Crippen LogP contribution is 2.43. The molecule has 1 aromatic rings. The third-order valence-electron chi connectivity index (χ3n) is 5.78. The minimum Gasteiger partial charge on any atom is -0.381 e. The van der Waals surface area contributed by atoms with Gasteiger partial charge in [0.15, 0.2) is 0 Å². The van der Waals surface area contributed by atoms with Crippen molar-refractivity contribution >= 4 is 0 Å². The highest BCUT2D eigenvalue weighted by molar-refractivity contribution is 5.25. The maximum absolute atomic E-state index is 4.94. The molecule has 3 aliphatic rings. The van der Waals surface area contributed by atoms with Crippen molar-refractivity contribution in [2.24, 2.45) is 0 Å². The topological polar surface area (TPSA) is 12.5 Å². The van der Waals surface area contributed by atoms with Gasteiger partial charge >= 0.3 is 0 Å². The number of ether oxygens (including phenoxy) is 1. The molecule has 1 aromatic carbocycles. The minimum atomic E-state index is 0.375. The van der Waals surface area contributed by atoms with Crippen LogP contribution in [0.25, 0.3) is 0 Å². The molecule has 1 aliphatic carbocycles. The third-order valence-corrected chi connectivity index (χ3v) is 5.78. The van der Waals surface area contributed by atoms with Crippen molar-refractivity contribution in [2.45, 2.75) is 69.7 Å². The Morgan fingerprint density at radius 1 is 0.696 bits per heavy atom. The predicted octanol–water partition coefficient (Wildman–Crippen LogP) is 5.13. The van der Waals surface area contributed by atoms with Crippen molar-refractivity contribution in [1.29, 1.82) is 0 Å². The highest BCUT2D eigenvalue weighted by atomic mass is 16.5. The van der Waals surface area contributed by atoms with Gasteiger partial charge in [-0.15, -0.1) is 0 Å². The molecule has 0 amide bonds. The van der Waals surface area contributed by atoms with E-state index in [1.54, 1.807) is 5.56 Å². The molecule has 0 unspecified atom stereocenters. The first kappa shape index (κ1) is 17.0. The van der Waals surface area contributed by atoms with Gasteiger partial charge in [-0.25, -0.2) is 0 Å². The van der Waals surface area contributed by atoms with Crippen LogP contribution in [0.15, 0.2) is 30.3 Å². The van der Waals surface area contributed by atoms with Crippen LogP contribution in [0.3, 0.4) is 0 Å². The van der Waals surface area contributed by atoms with Crippen LogP contribution in [0.5, 0.6) is 0 Å². The normalized spacial score (nSPS) is 24.7. The van der Waals surface area contributed by atoms with Crippen molar-refractivity contribution < 1.29 is 4.74 Å². The number of likely N-dealkylation sites (tertiary alicyclic amines) is 1. The summed E-state index contributed by atoms with van der Waals surface area (Å²) in [6.07, 6.45) is 13.8.